The maximum atomic E-state index is 14.5. The second-order valence-corrected chi connectivity index (χ2v) is 9.00. The number of likely N-dealkylation sites (tertiary alicyclic amines) is 1. The number of nitrogens with one attached hydrogen (secondary N) is 1. The fourth-order valence-corrected chi connectivity index (χ4v) is 6.26. The third-order valence-corrected chi connectivity index (χ3v) is 7.67. The van der Waals surface area contributed by atoms with Crippen molar-refractivity contribution < 1.29 is 19.1 Å². The van der Waals surface area contributed by atoms with E-state index in [0.29, 0.717) is 17.9 Å². The Kier molecular flexibility index (Phi) is 4.20. The monoisotopic (exact) mass is 440 g/mol. The number of hydrogen-bond acceptors (Lipinski definition) is 5. The van der Waals surface area contributed by atoms with E-state index >= 15 is 0 Å². The number of benzene rings is 3. The summed E-state index contributed by atoms with van der Waals surface area (Å²) in [4.78, 5) is 30.4. The molecule has 0 aliphatic carbocycles. The lowest BCUT2D eigenvalue weighted by molar-refractivity contribution is -0.131. The van der Waals surface area contributed by atoms with Crippen LogP contribution >= 0.6 is 0 Å². The SMILES string of the molecule is COc1ccc([C@@H]2CN(C)[C@]3(C(=O)Nc4ccccc43)[C@]23COc2ccccc2C3=O)cc1. The quantitative estimate of drug-likeness (QED) is 0.656. The molecule has 0 bridgehead atoms. The van der Waals surface area contributed by atoms with E-state index in [0.717, 1.165) is 22.6 Å². The fourth-order valence-electron chi connectivity index (χ4n) is 6.26. The van der Waals surface area contributed by atoms with Crippen LogP contribution in [-0.4, -0.2) is 43.9 Å². The number of rotatable bonds is 2. The highest BCUT2D eigenvalue weighted by atomic mass is 16.5. The van der Waals surface area contributed by atoms with Crippen molar-refractivity contribution in [2.75, 3.05) is 32.6 Å². The number of carbonyl (C=O) groups excluding carboxylic acids is 2. The Morgan fingerprint density at radius 2 is 1.73 bits per heavy atom. The van der Waals surface area contributed by atoms with Crippen LogP contribution in [0.1, 0.15) is 27.4 Å². The van der Waals surface area contributed by atoms with Gasteiger partial charge in [0.2, 0.25) is 0 Å². The van der Waals surface area contributed by atoms with Crippen molar-refractivity contribution >= 4 is 17.4 Å². The molecule has 166 valence electrons. The molecule has 6 rings (SSSR count). The van der Waals surface area contributed by atoms with Gasteiger partial charge in [0.25, 0.3) is 5.91 Å². The molecule has 33 heavy (non-hydrogen) atoms. The van der Waals surface area contributed by atoms with Crippen molar-refractivity contribution in [3.05, 3.63) is 89.5 Å². The molecule has 3 aliphatic rings. The van der Waals surface area contributed by atoms with Crippen molar-refractivity contribution in [2.45, 2.75) is 11.5 Å². The first-order chi connectivity index (χ1) is 16.0. The maximum absolute atomic E-state index is 14.5. The predicted molar refractivity (Wildman–Crippen MR) is 124 cm³/mol. The molecule has 2 spiro atoms. The van der Waals surface area contributed by atoms with E-state index in [4.69, 9.17) is 9.47 Å². The van der Waals surface area contributed by atoms with Crippen LogP contribution in [0.4, 0.5) is 5.69 Å². The predicted octanol–water partition coefficient (Wildman–Crippen LogP) is 3.83. The first kappa shape index (κ1) is 20.0. The van der Waals surface area contributed by atoms with Crippen LogP contribution in [0.5, 0.6) is 11.5 Å². The molecule has 1 amide bonds. The minimum absolute atomic E-state index is 0.0543. The number of hydrogen-bond donors (Lipinski definition) is 1. The van der Waals surface area contributed by atoms with Crippen molar-refractivity contribution in [3.63, 3.8) is 0 Å². The number of Topliss-reactive ketones (excluding diaryl/α,β-unsaturated/α-hetero) is 1. The molecule has 1 N–H and O–H groups in total. The highest BCUT2D eigenvalue weighted by Crippen LogP contribution is 2.64. The molecule has 3 atom stereocenters. The van der Waals surface area contributed by atoms with Crippen LogP contribution < -0.4 is 14.8 Å². The summed E-state index contributed by atoms with van der Waals surface area (Å²) in [5, 5.41) is 3.06. The maximum Gasteiger partial charge on any atom is 0.250 e. The number of para-hydroxylation sites is 2. The fraction of sp³-hybridized carbons (Fsp3) is 0.259. The number of methoxy groups -OCH3 is 1. The topological polar surface area (TPSA) is 67.9 Å². The molecule has 3 aromatic rings. The summed E-state index contributed by atoms with van der Waals surface area (Å²) in [5.74, 6) is 0.818. The van der Waals surface area contributed by atoms with Gasteiger partial charge in [-0.3, -0.25) is 14.5 Å². The van der Waals surface area contributed by atoms with Crippen molar-refractivity contribution in [2.24, 2.45) is 5.41 Å². The Bertz CT molecular complexity index is 1290. The molecule has 3 heterocycles. The van der Waals surface area contributed by atoms with Crippen molar-refractivity contribution in [1.82, 2.24) is 4.90 Å². The van der Waals surface area contributed by atoms with Crippen LogP contribution in [-0.2, 0) is 10.3 Å². The highest BCUT2D eigenvalue weighted by molar-refractivity contribution is 6.15. The number of ether oxygens (including phenoxy) is 2. The van der Waals surface area contributed by atoms with Gasteiger partial charge in [-0.15, -0.1) is 0 Å². The summed E-state index contributed by atoms with van der Waals surface area (Å²) >= 11 is 0. The molecule has 6 nitrogen and oxygen atoms in total. The van der Waals surface area contributed by atoms with Gasteiger partial charge in [-0.1, -0.05) is 42.5 Å². The van der Waals surface area contributed by atoms with Gasteiger partial charge in [-0.05, 0) is 42.9 Å². The Labute approximate surface area is 192 Å². The van der Waals surface area contributed by atoms with Gasteiger partial charge < -0.3 is 14.8 Å². The highest BCUT2D eigenvalue weighted by Gasteiger charge is 2.75. The van der Waals surface area contributed by atoms with E-state index in [-0.39, 0.29) is 24.2 Å². The minimum Gasteiger partial charge on any atom is -0.497 e. The van der Waals surface area contributed by atoms with Crippen LogP contribution in [0, 0.1) is 5.41 Å². The molecular weight excluding hydrogens is 416 g/mol. The zero-order valence-electron chi connectivity index (χ0n) is 18.5. The summed E-state index contributed by atoms with van der Waals surface area (Å²) in [6.45, 7) is 0.650. The van der Waals surface area contributed by atoms with Crippen LogP contribution in [0.15, 0.2) is 72.8 Å². The Hall–Kier alpha value is -3.64. The summed E-state index contributed by atoms with van der Waals surface area (Å²) in [5.41, 5.74) is 0.753. The second kappa shape index (κ2) is 6.93. The average molecular weight is 440 g/mol. The van der Waals surface area contributed by atoms with E-state index in [9.17, 15) is 9.59 Å². The zero-order valence-corrected chi connectivity index (χ0v) is 18.5. The smallest absolute Gasteiger partial charge is 0.250 e. The molecule has 1 fully saturated rings. The standard InChI is InChI=1S/C27H24N2O4/c1-29-15-21(17-11-13-18(32-2)14-12-17)26(16-33-23-10-6-3-7-19(23)24(26)30)27(29)20-8-4-5-9-22(20)28-25(27)31/h3-14,21H,15-16H2,1-2H3,(H,28,31)/t21-,26+,27+/m0/s1. The van der Waals surface area contributed by atoms with Crippen LogP contribution in [0.3, 0.4) is 0 Å². The summed E-state index contributed by atoms with van der Waals surface area (Å²) in [6, 6.07) is 22.8. The molecule has 0 radical (unpaired) electrons. The lowest BCUT2D eigenvalue weighted by atomic mass is 9.57. The third kappa shape index (κ3) is 2.36. The Morgan fingerprint density at radius 1 is 1.00 bits per heavy atom. The van der Waals surface area contributed by atoms with E-state index in [1.54, 1.807) is 13.2 Å². The zero-order chi connectivity index (χ0) is 22.8. The summed E-state index contributed by atoms with van der Waals surface area (Å²) in [7, 11) is 3.56. The number of carbonyl (C=O) groups is 2. The number of amides is 1. The molecule has 3 aromatic carbocycles. The van der Waals surface area contributed by atoms with Gasteiger partial charge in [0.05, 0.1) is 12.7 Å². The lowest BCUT2D eigenvalue weighted by Gasteiger charge is -2.47. The number of anilines is 1. The molecular formula is C27H24N2O4. The largest absolute Gasteiger partial charge is 0.497 e. The first-order valence-electron chi connectivity index (χ1n) is 11.1. The normalized spacial score (nSPS) is 27.9. The third-order valence-electron chi connectivity index (χ3n) is 7.67. The van der Waals surface area contributed by atoms with Gasteiger partial charge in [0, 0.05) is 23.7 Å². The second-order valence-electron chi connectivity index (χ2n) is 9.00. The summed E-state index contributed by atoms with van der Waals surface area (Å²) in [6.07, 6.45) is 0. The van der Waals surface area contributed by atoms with Crippen molar-refractivity contribution in [3.8, 4) is 11.5 Å². The number of likely N-dealkylation sites (N-methyl/N-ethyl adjacent to an activating group) is 1. The van der Waals surface area contributed by atoms with Crippen molar-refractivity contribution in [1.29, 1.82) is 0 Å². The van der Waals surface area contributed by atoms with Gasteiger partial charge in [-0.25, -0.2) is 0 Å². The molecule has 0 unspecified atom stereocenters. The molecule has 6 heteroatoms. The van der Waals surface area contributed by atoms with Gasteiger partial charge in [0.15, 0.2) is 5.78 Å². The molecule has 0 aromatic heterocycles. The lowest BCUT2D eigenvalue weighted by Crippen LogP contribution is -2.62. The number of nitrogens with zero attached hydrogens (tertiary/aromatic N) is 1. The van der Waals surface area contributed by atoms with Gasteiger partial charge >= 0.3 is 0 Å². The van der Waals surface area contributed by atoms with Gasteiger partial charge in [0.1, 0.15) is 29.1 Å². The Morgan fingerprint density at radius 3 is 2.52 bits per heavy atom. The van der Waals surface area contributed by atoms with E-state index in [2.05, 4.69) is 5.32 Å². The van der Waals surface area contributed by atoms with E-state index in [1.165, 1.54) is 0 Å². The van der Waals surface area contributed by atoms with E-state index < -0.39 is 11.0 Å². The number of ketones is 1. The average Bonchev–Trinajstić information content (AvgIpc) is 3.30. The van der Waals surface area contributed by atoms with Gasteiger partial charge in [-0.2, -0.15) is 0 Å². The first-order valence-corrected chi connectivity index (χ1v) is 11.1. The Balaban J connectivity index is 1.64. The van der Waals surface area contributed by atoms with Crippen LogP contribution in [0.2, 0.25) is 0 Å². The summed E-state index contributed by atoms with van der Waals surface area (Å²) < 4.78 is 11.6. The number of fused-ring (bicyclic) bond motifs is 4. The molecule has 0 saturated carbocycles. The minimum atomic E-state index is -1.18. The van der Waals surface area contributed by atoms with Crippen LogP contribution in [0.25, 0.3) is 0 Å². The molecule has 1 saturated heterocycles. The molecule has 3 aliphatic heterocycles. The van der Waals surface area contributed by atoms with E-state index in [1.807, 2.05) is 78.7 Å².